The molecule has 1 N–H and O–H groups in total. The first-order chi connectivity index (χ1) is 8.72. The standard InChI is InChI=1S/C16H27NOS/c1-11-12(2)19-14(17-11)10-16(18)9-7-6-8-13(16)15(3,4)5/h13,18H,6-10H2,1-5H3. The highest BCUT2D eigenvalue weighted by atomic mass is 32.1. The molecule has 2 nitrogen and oxygen atoms in total. The van der Waals surface area contributed by atoms with Crippen LogP contribution >= 0.6 is 11.3 Å². The molecule has 2 atom stereocenters. The predicted octanol–water partition coefficient (Wildman–Crippen LogP) is 4.27. The molecule has 2 unspecified atom stereocenters. The van der Waals surface area contributed by atoms with Crippen molar-refractivity contribution in [3.63, 3.8) is 0 Å². The van der Waals surface area contributed by atoms with Gasteiger partial charge in [0.05, 0.1) is 16.3 Å². The molecule has 3 heteroatoms. The molecule has 1 heterocycles. The molecule has 0 aliphatic heterocycles. The second-order valence-corrected chi connectivity index (χ2v) is 8.48. The van der Waals surface area contributed by atoms with Gasteiger partial charge in [-0.15, -0.1) is 11.3 Å². The summed E-state index contributed by atoms with van der Waals surface area (Å²) >= 11 is 1.75. The summed E-state index contributed by atoms with van der Waals surface area (Å²) in [5.41, 5.74) is 0.718. The number of rotatable bonds is 2. The summed E-state index contributed by atoms with van der Waals surface area (Å²) in [6.45, 7) is 10.9. The minimum atomic E-state index is -0.562. The van der Waals surface area contributed by atoms with Gasteiger partial charge in [-0.1, -0.05) is 33.6 Å². The zero-order valence-corrected chi connectivity index (χ0v) is 13.7. The topological polar surface area (TPSA) is 33.1 Å². The third kappa shape index (κ3) is 3.19. The number of hydrogen-bond donors (Lipinski definition) is 1. The van der Waals surface area contributed by atoms with Crippen molar-refractivity contribution in [1.29, 1.82) is 0 Å². The number of nitrogens with zero attached hydrogens (tertiary/aromatic N) is 1. The highest BCUT2D eigenvalue weighted by molar-refractivity contribution is 7.11. The van der Waals surface area contributed by atoms with Crippen molar-refractivity contribution in [3.05, 3.63) is 15.6 Å². The van der Waals surface area contributed by atoms with Crippen LogP contribution < -0.4 is 0 Å². The fraction of sp³-hybridized carbons (Fsp3) is 0.812. The highest BCUT2D eigenvalue weighted by Gasteiger charge is 2.45. The minimum Gasteiger partial charge on any atom is -0.389 e. The van der Waals surface area contributed by atoms with Crippen LogP contribution in [-0.2, 0) is 6.42 Å². The lowest BCUT2D eigenvalue weighted by Gasteiger charge is -2.46. The van der Waals surface area contributed by atoms with Crippen LogP contribution in [0.5, 0.6) is 0 Å². The van der Waals surface area contributed by atoms with Crippen molar-refractivity contribution >= 4 is 11.3 Å². The highest BCUT2D eigenvalue weighted by Crippen LogP contribution is 2.46. The Hall–Kier alpha value is -0.410. The SMILES string of the molecule is Cc1nc(CC2(O)CCCCC2C(C)(C)C)sc1C. The van der Waals surface area contributed by atoms with E-state index < -0.39 is 5.60 Å². The number of thiazole rings is 1. The number of aryl methyl sites for hydroxylation is 2. The molecule has 1 saturated carbocycles. The van der Waals surface area contributed by atoms with E-state index in [4.69, 9.17) is 0 Å². The van der Waals surface area contributed by atoms with Gasteiger partial charge in [0.25, 0.3) is 0 Å². The van der Waals surface area contributed by atoms with Crippen LogP contribution in [-0.4, -0.2) is 15.7 Å². The smallest absolute Gasteiger partial charge is 0.0959 e. The van der Waals surface area contributed by atoms with Gasteiger partial charge in [-0.25, -0.2) is 4.98 Å². The maximum absolute atomic E-state index is 11.2. The normalized spacial score (nSPS) is 28.6. The molecular weight excluding hydrogens is 254 g/mol. The van der Waals surface area contributed by atoms with Gasteiger partial charge in [0, 0.05) is 11.3 Å². The van der Waals surface area contributed by atoms with E-state index in [9.17, 15) is 5.11 Å². The molecular formula is C16H27NOS. The lowest BCUT2D eigenvalue weighted by molar-refractivity contribution is -0.0889. The van der Waals surface area contributed by atoms with Crippen LogP contribution in [0.3, 0.4) is 0 Å². The van der Waals surface area contributed by atoms with Crippen LogP contribution in [0.25, 0.3) is 0 Å². The molecule has 0 saturated heterocycles. The average molecular weight is 281 g/mol. The van der Waals surface area contributed by atoms with Crippen LogP contribution in [0, 0.1) is 25.2 Å². The molecule has 1 aromatic rings. The van der Waals surface area contributed by atoms with E-state index in [1.165, 1.54) is 11.3 Å². The quantitative estimate of drug-likeness (QED) is 0.878. The van der Waals surface area contributed by atoms with Crippen molar-refractivity contribution in [1.82, 2.24) is 4.98 Å². The Morgan fingerprint density at radius 2 is 2.00 bits per heavy atom. The van der Waals surface area contributed by atoms with E-state index >= 15 is 0 Å². The van der Waals surface area contributed by atoms with E-state index in [1.54, 1.807) is 11.3 Å². The molecule has 0 amide bonds. The Kier molecular flexibility index (Phi) is 4.08. The first-order valence-electron chi connectivity index (χ1n) is 7.38. The van der Waals surface area contributed by atoms with E-state index in [0.717, 1.165) is 36.4 Å². The summed E-state index contributed by atoms with van der Waals surface area (Å²) in [7, 11) is 0. The van der Waals surface area contributed by atoms with Crippen LogP contribution in [0.2, 0.25) is 0 Å². The summed E-state index contributed by atoms with van der Waals surface area (Å²) < 4.78 is 0. The Bertz CT molecular complexity index is 427. The Morgan fingerprint density at radius 3 is 2.53 bits per heavy atom. The third-order valence-electron chi connectivity index (χ3n) is 4.58. The number of hydrogen-bond acceptors (Lipinski definition) is 3. The van der Waals surface area contributed by atoms with Crippen molar-refractivity contribution < 1.29 is 5.11 Å². The molecule has 1 aromatic heterocycles. The lowest BCUT2D eigenvalue weighted by atomic mass is 9.63. The number of aliphatic hydroxyl groups is 1. The Morgan fingerprint density at radius 1 is 1.32 bits per heavy atom. The molecule has 0 bridgehead atoms. The van der Waals surface area contributed by atoms with Crippen LogP contribution in [0.1, 0.15) is 62.0 Å². The fourth-order valence-electron chi connectivity index (χ4n) is 3.55. The van der Waals surface area contributed by atoms with Gasteiger partial charge in [-0.2, -0.15) is 0 Å². The van der Waals surface area contributed by atoms with E-state index in [2.05, 4.69) is 39.6 Å². The maximum Gasteiger partial charge on any atom is 0.0959 e. The summed E-state index contributed by atoms with van der Waals surface area (Å²) in [4.78, 5) is 5.90. The second kappa shape index (κ2) is 5.17. The second-order valence-electron chi connectivity index (χ2n) is 7.19. The lowest BCUT2D eigenvalue weighted by Crippen LogP contribution is -2.48. The van der Waals surface area contributed by atoms with Crippen molar-refractivity contribution in [3.8, 4) is 0 Å². The molecule has 0 spiro atoms. The van der Waals surface area contributed by atoms with Crippen LogP contribution in [0.15, 0.2) is 0 Å². The van der Waals surface area contributed by atoms with Gasteiger partial charge in [-0.3, -0.25) is 0 Å². The summed E-state index contributed by atoms with van der Waals surface area (Å²) in [5.74, 6) is 0.373. The van der Waals surface area contributed by atoms with Gasteiger partial charge in [0.2, 0.25) is 0 Å². The fourth-order valence-corrected chi connectivity index (χ4v) is 4.60. The zero-order valence-electron chi connectivity index (χ0n) is 12.9. The Labute approximate surface area is 121 Å². The van der Waals surface area contributed by atoms with Gasteiger partial charge >= 0.3 is 0 Å². The minimum absolute atomic E-state index is 0.163. The van der Waals surface area contributed by atoms with Gasteiger partial charge < -0.3 is 5.11 Å². The molecule has 108 valence electrons. The van der Waals surface area contributed by atoms with Gasteiger partial charge in [0.15, 0.2) is 0 Å². The molecule has 0 aromatic carbocycles. The molecule has 19 heavy (non-hydrogen) atoms. The maximum atomic E-state index is 11.2. The summed E-state index contributed by atoms with van der Waals surface area (Å²) in [6.07, 6.45) is 5.19. The zero-order chi connectivity index (χ0) is 14.3. The summed E-state index contributed by atoms with van der Waals surface area (Å²) in [6, 6.07) is 0. The first-order valence-corrected chi connectivity index (χ1v) is 8.19. The van der Waals surface area contributed by atoms with Gasteiger partial charge in [-0.05, 0) is 38.0 Å². The van der Waals surface area contributed by atoms with Crippen molar-refractivity contribution in [2.24, 2.45) is 11.3 Å². The van der Waals surface area contributed by atoms with E-state index in [0.29, 0.717) is 5.92 Å². The van der Waals surface area contributed by atoms with Crippen LogP contribution in [0.4, 0.5) is 0 Å². The van der Waals surface area contributed by atoms with Crippen molar-refractivity contribution in [2.75, 3.05) is 0 Å². The molecule has 2 rings (SSSR count). The number of aromatic nitrogens is 1. The first kappa shape index (κ1) is 15.0. The average Bonchev–Trinajstić information content (AvgIpc) is 2.55. The van der Waals surface area contributed by atoms with Gasteiger partial charge in [0.1, 0.15) is 0 Å². The molecule has 1 aliphatic carbocycles. The third-order valence-corrected chi connectivity index (χ3v) is 5.65. The summed E-state index contributed by atoms with van der Waals surface area (Å²) in [5, 5.41) is 12.3. The van der Waals surface area contributed by atoms with E-state index in [-0.39, 0.29) is 5.41 Å². The van der Waals surface area contributed by atoms with E-state index in [1.807, 2.05) is 0 Å². The molecule has 1 fully saturated rings. The molecule has 0 radical (unpaired) electrons. The largest absolute Gasteiger partial charge is 0.389 e. The van der Waals surface area contributed by atoms with Crippen molar-refractivity contribution in [2.45, 2.75) is 72.3 Å². The predicted molar refractivity (Wildman–Crippen MR) is 81.7 cm³/mol. The Balaban J connectivity index is 2.23. The molecule has 1 aliphatic rings. The monoisotopic (exact) mass is 281 g/mol.